The maximum absolute atomic E-state index is 10.6. The first-order valence-electron chi connectivity index (χ1n) is 7.64. The number of carboxylic acid groups (broad SMARTS) is 1. The number of benzene rings is 1. The van der Waals surface area contributed by atoms with E-state index in [9.17, 15) is 4.79 Å². The van der Waals surface area contributed by atoms with Crippen LogP contribution in [0, 0.1) is 0 Å². The van der Waals surface area contributed by atoms with Gasteiger partial charge in [-0.3, -0.25) is 9.69 Å². The Morgan fingerprint density at radius 3 is 2.59 bits per heavy atom. The van der Waals surface area contributed by atoms with Gasteiger partial charge < -0.3 is 10.0 Å². The van der Waals surface area contributed by atoms with Gasteiger partial charge in [-0.25, -0.2) is 0 Å². The monoisotopic (exact) mass is 344 g/mol. The first kappa shape index (κ1) is 17.4. The smallest absolute Gasteiger partial charge is 0.303 e. The number of hydrogen-bond donors (Lipinski definition) is 1. The van der Waals surface area contributed by atoms with Crippen molar-refractivity contribution < 1.29 is 9.90 Å². The van der Waals surface area contributed by atoms with Crippen molar-refractivity contribution in [3.05, 3.63) is 28.2 Å². The van der Waals surface area contributed by atoms with E-state index in [1.54, 1.807) is 6.07 Å². The highest BCUT2D eigenvalue weighted by Crippen LogP contribution is 2.33. The summed E-state index contributed by atoms with van der Waals surface area (Å²) >= 11 is 12.4. The van der Waals surface area contributed by atoms with Crippen LogP contribution in [-0.4, -0.2) is 48.2 Å². The molecule has 6 heteroatoms. The second-order valence-corrected chi connectivity index (χ2v) is 6.52. The van der Waals surface area contributed by atoms with Gasteiger partial charge in [0.2, 0.25) is 0 Å². The molecule has 2 rings (SSSR count). The second kappa shape index (κ2) is 8.04. The lowest BCUT2D eigenvalue weighted by atomic mass is 10.1. The van der Waals surface area contributed by atoms with Crippen molar-refractivity contribution in [3.8, 4) is 0 Å². The van der Waals surface area contributed by atoms with Crippen LogP contribution in [0.4, 0.5) is 5.69 Å². The van der Waals surface area contributed by atoms with Crippen LogP contribution in [0.3, 0.4) is 0 Å². The first-order valence-corrected chi connectivity index (χ1v) is 8.39. The zero-order valence-electron chi connectivity index (χ0n) is 12.8. The third kappa shape index (κ3) is 4.51. The maximum Gasteiger partial charge on any atom is 0.303 e. The summed E-state index contributed by atoms with van der Waals surface area (Å²) in [5, 5.41) is 9.91. The van der Waals surface area contributed by atoms with Gasteiger partial charge in [-0.2, -0.15) is 0 Å². The Hall–Kier alpha value is -0.970. The Balaban J connectivity index is 1.85. The first-order chi connectivity index (χ1) is 10.5. The van der Waals surface area contributed by atoms with Gasteiger partial charge in [0.1, 0.15) is 0 Å². The maximum atomic E-state index is 10.6. The van der Waals surface area contributed by atoms with E-state index in [-0.39, 0.29) is 6.42 Å². The Labute approximate surface area is 141 Å². The molecule has 1 aliphatic rings. The molecule has 1 fully saturated rings. The molecule has 0 radical (unpaired) electrons. The molecule has 0 saturated carbocycles. The molecule has 1 N–H and O–H groups in total. The second-order valence-electron chi connectivity index (χ2n) is 5.73. The highest BCUT2D eigenvalue weighted by molar-refractivity contribution is 6.43. The average molecular weight is 345 g/mol. The highest BCUT2D eigenvalue weighted by Gasteiger charge is 2.22. The number of carboxylic acids is 1. The van der Waals surface area contributed by atoms with Gasteiger partial charge in [-0.15, -0.1) is 0 Å². The molecule has 0 aromatic heterocycles. The summed E-state index contributed by atoms with van der Waals surface area (Å²) in [5.74, 6) is -0.715. The normalized spacial score (nSPS) is 17.5. The van der Waals surface area contributed by atoms with Crippen molar-refractivity contribution in [1.82, 2.24) is 4.90 Å². The van der Waals surface area contributed by atoms with E-state index in [2.05, 4.69) is 16.7 Å². The van der Waals surface area contributed by atoms with Gasteiger partial charge in [0, 0.05) is 38.6 Å². The molecule has 0 aliphatic carbocycles. The summed E-state index contributed by atoms with van der Waals surface area (Å²) in [6.07, 6.45) is 1.91. The third-order valence-corrected chi connectivity index (χ3v) is 5.03. The van der Waals surface area contributed by atoms with Crippen molar-refractivity contribution in [2.24, 2.45) is 0 Å². The van der Waals surface area contributed by atoms with Crippen LogP contribution in [0.25, 0.3) is 0 Å². The average Bonchev–Trinajstić information content (AvgIpc) is 2.50. The van der Waals surface area contributed by atoms with E-state index in [1.807, 2.05) is 12.1 Å². The Morgan fingerprint density at radius 1 is 1.27 bits per heavy atom. The molecule has 0 spiro atoms. The zero-order valence-corrected chi connectivity index (χ0v) is 14.3. The fourth-order valence-electron chi connectivity index (χ4n) is 2.87. The quantitative estimate of drug-likeness (QED) is 0.853. The molecule has 1 aliphatic heterocycles. The number of rotatable bonds is 6. The van der Waals surface area contributed by atoms with Gasteiger partial charge in [-0.1, -0.05) is 29.3 Å². The van der Waals surface area contributed by atoms with Gasteiger partial charge in [0.15, 0.2) is 0 Å². The van der Waals surface area contributed by atoms with Crippen LogP contribution in [0.2, 0.25) is 10.0 Å². The molecule has 0 amide bonds. The van der Waals surface area contributed by atoms with E-state index in [0.717, 1.165) is 44.7 Å². The molecule has 1 saturated heterocycles. The van der Waals surface area contributed by atoms with Crippen molar-refractivity contribution in [2.45, 2.75) is 32.2 Å². The van der Waals surface area contributed by atoms with Gasteiger partial charge >= 0.3 is 5.97 Å². The standard InChI is InChI=1S/C16H22Cl2N2O2/c1-12(4-2-7-15(21)22)19-8-10-20(11-9-19)14-6-3-5-13(17)16(14)18/h3,5-6,12H,2,4,7-11H2,1H3,(H,21,22). The summed E-state index contributed by atoms with van der Waals surface area (Å²) in [6, 6.07) is 6.13. The zero-order chi connectivity index (χ0) is 16.1. The van der Waals surface area contributed by atoms with Crippen molar-refractivity contribution in [2.75, 3.05) is 31.1 Å². The lowest BCUT2D eigenvalue weighted by Crippen LogP contribution is -2.49. The van der Waals surface area contributed by atoms with Crippen LogP contribution in [0.15, 0.2) is 18.2 Å². The van der Waals surface area contributed by atoms with Crippen molar-refractivity contribution in [1.29, 1.82) is 0 Å². The lowest BCUT2D eigenvalue weighted by Gasteiger charge is -2.39. The molecular formula is C16H22Cl2N2O2. The van der Waals surface area contributed by atoms with E-state index in [1.165, 1.54) is 0 Å². The van der Waals surface area contributed by atoms with Crippen molar-refractivity contribution >= 4 is 34.9 Å². The van der Waals surface area contributed by atoms with E-state index >= 15 is 0 Å². The number of anilines is 1. The fraction of sp³-hybridized carbons (Fsp3) is 0.562. The van der Waals surface area contributed by atoms with Crippen molar-refractivity contribution in [3.63, 3.8) is 0 Å². The Morgan fingerprint density at radius 2 is 1.95 bits per heavy atom. The summed E-state index contributed by atoms with van der Waals surface area (Å²) in [6.45, 7) is 5.89. The summed E-state index contributed by atoms with van der Waals surface area (Å²) in [5.41, 5.74) is 0.993. The Bertz CT molecular complexity index is 517. The highest BCUT2D eigenvalue weighted by atomic mass is 35.5. The molecule has 1 atom stereocenters. The van der Waals surface area contributed by atoms with E-state index < -0.39 is 5.97 Å². The SMILES string of the molecule is CC(CCCC(=O)O)N1CCN(c2cccc(Cl)c2Cl)CC1. The molecule has 4 nitrogen and oxygen atoms in total. The molecule has 1 unspecified atom stereocenters. The molecule has 1 aromatic rings. The van der Waals surface area contributed by atoms with Crippen LogP contribution in [0.5, 0.6) is 0 Å². The minimum atomic E-state index is -0.715. The largest absolute Gasteiger partial charge is 0.481 e. The molecular weight excluding hydrogens is 323 g/mol. The third-order valence-electron chi connectivity index (χ3n) is 4.22. The van der Waals surface area contributed by atoms with Gasteiger partial charge in [-0.05, 0) is 31.9 Å². The van der Waals surface area contributed by atoms with E-state index in [0.29, 0.717) is 16.1 Å². The number of aliphatic carboxylic acids is 1. The minimum Gasteiger partial charge on any atom is -0.481 e. The number of nitrogens with zero attached hydrogens (tertiary/aromatic N) is 2. The molecule has 1 heterocycles. The molecule has 22 heavy (non-hydrogen) atoms. The van der Waals surface area contributed by atoms with Gasteiger partial charge in [0.25, 0.3) is 0 Å². The van der Waals surface area contributed by atoms with E-state index in [4.69, 9.17) is 28.3 Å². The molecule has 0 bridgehead atoms. The summed E-state index contributed by atoms with van der Waals surface area (Å²) < 4.78 is 0. The number of hydrogen-bond acceptors (Lipinski definition) is 3. The van der Waals surface area contributed by atoms with Crippen LogP contribution >= 0.6 is 23.2 Å². The Kier molecular flexibility index (Phi) is 6.36. The minimum absolute atomic E-state index is 0.252. The molecule has 122 valence electrons. The predicted molar refractivity (Wildman–Crippen MR) is 91.2 cm³/mol. The number of carbonyl (C=O) groups is 1. The predicted octanol–water partition coefficient (Wildman–Crippen LogP) is 3.76. The number of piperazine rings is 1. The van der Waals surface area contributed by atoms with Crippen LogP contribution in [0.1, 0.15) is 26.2 Å². The fourth-order valence-corrected chi connectivity index (χ4v) is 3.29. The lowest BCUT2D eigenvalue weighted by molar-refractivity contribution is -0.137. The van der Waals surface area contributed by atoms with Crippen LogP contribution < -0.4 is 4.90 Å². The topological polar surface area (TPSA) is 43.8 Å². The molecule has 1 aromatic carbocycles. The summed E-state index contributed by atoms with van der Waals surface area (Å²) in [4.78, 5) is 15.2. The summed E-state index contributed by atoms with van der Waals surface area (Å²) in [7, 11) is 0. The number of halogens is 2. The van der Waals surface area contributed by atoms with Crippen LogP contribution in [-0.2, 0) is 4.79 Å². The van der Waals surface area contributed by atoms with Gasteiger partial charge in [0.05, 0.1) is 15.7 Å².